The van der Waals surface area contributed by atoms with Crippen molar-refractivity contribution < 1.29 is 13.2 Å². The van der Waals surface area contributed by atoms with Gasteiger partial charge in [0.2, 0.25) is 5.91 Å². The maximum absolute atomic E-state index is 12.2. The number of amidine groups is 1. The van der Waals surface area contributed by atoms with E-state index in [1.165, 1.54) is 0 Å². The number of carbonyl (C=O) groups is 1. The lowest BCUT2D eigenvalue weighted by molar-refractivity contribution is -0.136. The molecular weight excluding hydrogens is 314 g/mol. The zero-order chi connectivity index (χ0) is 16.6. The summed E-state index contributed by atoms with van der Waals surface area (Å²) in [6.07, 6.45) is 0.831. The smallest absolute Gasteiger partial charge is 0.285 e. The largest absolute Gasteiger partial charge is 0.352 e. The molecule has 124 valence electrons. The number of hydrogen-bond donors (Lipinski definition) is 0. The zero-order valence-electron chi connectivity index (χ0n) is 13.4. The molecule has 2 aliphatic rings. The minimum atomic E-state index is -3.59. The number of carbonyl (C=O) groups excluding carboxylic acids is 1. The summed E-state index contributed by atoms with van der Waals surface area (Å²) in [6, 6.07) is 6.90. The molecule has 0 aliphatic carbocycles. The van der Waals surface area contributed by atoms with Gasteiger partial charge in [0.05, 0.1) is 0 Å². The first-order valence-electron chi connectivity index (χ1n) is 7.92. The van der Waals surface area contributed by atoms with Crippen LogP contribution in [0.3, 0.4) is 0 Å². The molecule has 1 fully saturated rings. The molecule has 23 heavy (non-hydrogen) atoms. The van der Waals surface area contributed by atoms with Gasteiger partial charge in [0.15, 0.2) is 5.84 Å². The fourth-order valence-corrected chi connectivity index (χ4v) is 4.17. The average Bonchev–Trinajstić information content (AvgIpc) is 2.85. The molecule has 2 heterocycles. The SMILES string of the molecule is CC[C@@H](C)C(=O)N1CCN(C2=NS(=O)(=O)c3ccccc32)CC1. The molecule has 1 saturated heterocycles. The topological polar surface area (TPSA) is 70.1 Å². The van der Waals surface area contributed by atoms with Crippen LogP contribution in [0.15, 0.2) is 33.6 Å². The highest BCUT2D eigenvalue weighted by Crippen LogP contribution is 2.28. The van der Waals surface area contributed by atoms with Crippen molar-refractivity contribution in [3.05, 3.63) is 29.8 Å². The van der Waals surface area contributed by atoms with Crippen molar-refractivity contribution in [2.75, 3.05) is 26.2 Å². The lowest BCUT2D eigenvalue weighted by atomic mass is 10.1. The first-order valence-corrected chi connectivity index (χ1v) is 9.36. The van der Waals surface area contributed by atoms with Gasteiger partial charge < -0.3 is 9.80 Å². The number of rotatable bonds is 2. The number of benzene rings is 1. The molecule has 0 saturated carbocycles. The molecule has 6 nitrogen and oxygen atoms in total. The van der Waals surface area contributed by atoms with Gasteiger partial charge in [-0.2, -0.15) is 8.42 Å². The Labute approximate surface area is 136 Å². The molecule has 3 rings (SSSR count). The van der Waals surface area contributed by atoms with Crippen LogP contribution in [0.2, 0.25) is 0 Å². The summed E-state index contributed by atoms with van der Waals surface area (Å²) in [5, 5.41) is 0. The predicted molar refractivity (Wildman–Crippen MR) is 87.8 cm³/mol. The van der Waals surface area contributed by atoms with Crippen molar-refractivity contribution in [2.45, 2.75) is 25.2 Å². The minimum absolute atomic E-state index is 0.0338. The van der Waals surface area contributed by atoms with Crippen LogP contribution in [0.5, 0.6) is 0 Å². The van der Waals surface area contributed by atoms with Crippen molar-refractivity contribution in [3.8, 4) is 0 Å². The highest BCUT2D eigenvalue weighted by Gasteiger charge is 2.33. The van der Waals surface area contributed by atoms with Crippen LogP contribution in [-0.4, -0.2) is 56.1 Å². The normalized spacial score (nSPS) is 20.9. The van der Waals surface area contributed by atoms with E-state index in [1.807, 2.05) is 29.7 Å². The Balaban J connectivity index is 1.76. The monoisotopic (exact) mass is 335 g/mol. The summed E-state index contributed by atoms with van der Waals surface area (Å²) in [4.78, 5) is 16.3. The number of piperazine rings is 1. The van der Waals surface area contributed by atoms with Crippen LogP contribution in [0.25, 0.3) is 0 Å². The number of nitrogens with zero attached hydrogens (tertiary/aromatic N) is 3. The maximum Gasteiger partial charge on any atom is 0.285 e. The molecule has 2 aliphatic heterocycles. The number of amides is 1. The Kier molecular flexibility index (Phi) is 4.14. The van der Waals surface area contributed by atoms with Gasteiger partial charge >= 0.3 is 0 Å². The standard InChI is InChI=1S/C16H21N3O3S/c1-3-12(2)16(20)19-10-8-18(9-11-19)15-13-6-4-5-7-14(13)23(21,22)17-15/h4-7,12H,3,8-11H2,1-2H3/t12-/m1/s1. The molecule has 0 N–H and O–H groups in total. The van der Waals surface area contributed by atoms with Gasteiger partial charge in [0, 0.05) is 37.7 Å². The third-order valence-corrected chi connectivity index (χ3v) is 5.86. The van der Waals surface area contributed by atoms with Gasteiger partial charge in [-0.1, -0.05) is 26.0 Å². The van der Waals surface area contributed by atoms with E-state index in [1.54, 1.807) is 18.2 Å². The van der Waals surface area contributed by atoms with Gasteiger partial charge in [-0.15, -0.1) is 4.40 Å². The van der Waals surface area contributed by atoms with Crippen LogP contribution >= 0.6 is 0 Å². The lowest BCUT2D eigenvalue weighted by Gasteiger charge is -2.36. The zero-order valence-corrected chi connectivity index (χ0v) is 14.2. The summed E-state index contributed by atoms with van der Waals surface area (Å²) in [5.41, 5.74) is 0.661. The van der Waals surface area contributed by atoms with Gasteiger partial charge in [-0.25, -0.2) is 0 Å². The van der Waals surface area contributed by atoms with E-state index in [9.17, 15) is 13.2 Å². The molecule has 0 bridgehead atoms. The highest BCUT2D eigenvalue weighted by atomic mass is 32.2. The van der Waals surface area contributed by atoms with Gasteiger partial charge in [-0.05, 0) is 18.6 Å². The van der Waals surface area contributed by atoms with Crippen molar-refractivity contribution in [1.29, 1.82) is 0 Å². The second-order valence-corrected chi connectivity index (χ2v) is 7.58. The molecule has 0 radical (unpaired) electrons. The Bertz CT molecular complexity index is 750. The predicted octanol–water partition coefficient (Wildman–Crippen LogP) is 1.33. The Morgan fingerprint density at radius 2 is 1.87 bits per heavy atom. The average molecular weight is 335 g/mol. The Hall–Kier alpha value is -1.89. The maximum atomic E-state index is 12.2. The van der Waals surface area contributed by atoms with E-state index in [-0.39, 0.29) is 16.7 Å². The van der Waals surface area contributed by atoms with E-state index in [2.05, 4.69) is 4.40 Å². The number of fused-ring (bicyclic) bond motifs is 1. The van der Waals surface area contributed by atoms with Crippen molar-refractivity contribution in [1.82, 2.24) is 9.80 Å². The van der Waals surface area contributed by atoms with E-state index < -0.39 is 10.0 Å². The summed E-state index contributed by atoms with van der Waals surface area (Å²) in [5.74, 6) is 0.719. The van der Waals surface area contributed by atoms with Gasteiger partial charge in [0.25, 0.3) is 10.0 Å². The van der Waals surface area contributed by atoms with E-state index in [4.69, 9.17) is 0 Å². The first kappa shape index (κ1) is 16.0. The lowest BCUT2D eigenvalue weighted by Crippen LogP contribution is -2.51. The van der Waals surface area contributed by atoms with Crippen LogP contribution in [0, 0.1) is 5.92 Å². The summed E-state index contributed by atoms with van der Waals surface area (Å²) >= 11 is 0. The quantitative estimate of drug-likeness (QED) is 0.817. The fraction of sp³-hybridized carbons (Fsp3) is 0.500. The van der Waals surface area contributed by atoms with Crippen LogP contribution < -0.4 is 0 Å². The van der Waals surface area contributed by atoms with Crippen LogP contribution in [0.1, 0.15) is 25.8 Å². The fourth-order valence-electron chi connectivity index (χ4n) is 2.94. The first-order chi connectivity index (χ1) is 10.9. The molecule has 0 aromatic heterocycles. The van der Waals surface area contributed by atoms with Gasteiger partial charge in [-0.3, -0.25) is 4.79 Å². The van der Waals surface area contributed by atoms with Gasteiger partial charge in [0.1, 0.15) is 4.90 Å². The molecule has 0 unspecified atom stereocenters. The van der Waals surface area contributed by atoms with Crippen molar-refractivity contribution >= 4 is 21.8 Å². The summed E-state index contributed by atoms with van der Waals surface area (Å²) < 4.78 is 28.2. The Morgan fingerprint density at radius 1 is 1.22 bits per heavy atom. The third kappa shape index (κ3) is 2.85. The highest BCUT2D eigenvalue weighted by molar-refractivity contribution is 7.90. The molecule has 1 amide bonds. The Morgan fingerprint density at radius 3 is 2.52 bits per heavy atom. The second-order valence-electron chi connectivity index (χ2n) is 6.01. The van der Waals surface area contributed by atoms with E-state index in [0.717, 1.165) is 6.42 Å². The van der Waals surface area contributed by atoms with Crippen molar-refractivity contribution in [2.24, 2.45) is 10.3 Å². The molecule has 7 heteroatoms. The minimum Gasteiger partial charge on any atom is -0.352 e. The summed E-state index contributed by atoms with van der Waals surface area (Å²) in [6.45, 7) is 6.36. The molecule has 1 aromatic carbocycles. The van der Waals surface area contributed by atoms with E-state index in [0.29, 0.717) is 37.6 Å². The third-order valence-electron chi connectivity index (χ3n) is 4.54. The van der Waals surface area contributed by atoms with Crippen LogP contribution in [-0.2, 0) is 14.8 Å². The number of hydrogen-bond acceptors (Lipinski definition) is 4. The molecule has 0 spiro atoms. The molecule has 1 aromatic rings. The van der Waals surface area contributed by atoms with E-state index >= 15 is 0 Å². The summed E-state index contributed by atoms with van der Waals surface area (Å²) in [7, 11) is -3.59. The second kappa shape index (κ2) is 5.96. The number of sulfonamides is 1. The molecule has 1 atom stereocenters. The molecular formula is C16H21N3O3S. The van der Waals surface area contributed by atoms with Crippen LogP contribution in [0.4, 0.5) is 0 Å². The van der Waals surface area contributed by atoms with Crippen molar-refractivity contribution in [3.63, 3.8) is 0 Å².